The van der Waals surface area contributed by atoms with Crippen LogP contribution < -0.4 is 0 Å². The van der Waals surface area contributed by atoms with Crippen LogP contribution in [0.3, 0.4) is 0 Å². The lowest BCUT2D eigenvalue weighted by molar-refractivity contribution is -0.147. The van der Waals surface area contributed by atoms with Crippen molar-refractivity contribution in [1.29, 1.82) is 0 Å². The van der Waals surface area contributed by atoms with Gasteiger partial charge in [-0.1, -0.05) is 30.3 Å². The molecule has 1 aromatic heterocycles. The van der Waals surface area contributed by atoms with Gasteiger partial charge in [0.2, 0.25) is 0 Å². The van der Waals surface area contributed by atoms with Crippen molar-refractivity contribution in [1.82, 2.24) is 14.7 Å². The summed E-state index contributed by atoms with van der Waals surface area (Å²) in [6, 6.07) is 15.7. The maximum absolute atomic E-state index is 13.3. The molecule has 0 unspecified atom stereocenters. The smallest absolute Gasteiger partial charge is 0.331 e. The number of hydrogen-bond acceptors (Lipinski definition) is 4. The zero-order valence-corrected chi connectivity index (χ0v) is 17.7. The molecule has 7 heteroatoms. The van der Waals surface area contributed by atoms with Crippen LogP contribution in [-0.2, 0) is 20.9 Å². The molecule has 0 saturated carbocycles. The van der Waals surface area contributed by atoms with Crippen molar-refractivity contribution >= 4 is 18.0 Å². The molecule has 1 heterocycles. The van der Waals surface area contributed by atoms with Crippen molar-refractivity contribution in [2.24, 2.45) is 0 Å². The van der Waals surface area contributed by atoms with Gasteiger partial charge < -0.3 is 9.64 Å². The molecule has 0 fully saturated rings. The lowest BCUT2D eigenvalue weighted by atomic mass is 10.2. The minimum absolute atomic E-state index is 0.223. The van der Waals surface area contributed by atoms with E-state index in [4.69, 9.17) is 4.74 Å². The molecule has 160 valence electrons. The third kappa shape index (κ3) is 5.66. The second-order valence-electron chi connectivity index (χ2n) is 7.15. The molecule has 3 aromatic rings. The lowest BCUT2D eigenvalue weighted by Crippen LogP contribution is -2.30. The molecular weight excluding hydrogens is 397 g/mol. The predicted octanol–water partition coefficient (Wildman–Crippen LogP) is 3.84. The first-order valence-corrected chi connectivity index (χ1v) is 9.80. The van der Waals surface area contributed by atoms with Gasteiger partial charge >= 0.3 is 5.97 Å². The largest absolute Gasteiger partial charge is 0.452 e. The van der Waals surface area contributed by atoms with Crippen LogP contribution in [0.2, 0.25) is 0 Å². The number of rotatable bonds is 7. The Morgan fingerprint density at radius 2 is 1.87 bits per heavy atom. The first-order chi connectivity index (χ1) is 14.8. The van der Waals surface area contributed by atoms with Crippen molar-refractivity contribution in [3.63, 3.8) is 0 Å². The third-order valence-corrected chi connectivity index (χ3v) is 4.81. The molecule has 31 heavy (non-hydrogen) atoms. The normalized spacial score (nSPS) is 11.0. The molecule has 0 spiro atoms. The average molecular weight is 421 g/mol. The maximum atomic E-state index is 13.3. The second-order valence-corrected chi connectivity index (χ2v) is 7.15. The summed E-state index contributed by atoms with van der Waals surface area (Å²) in [6.07, 6.45) is 2.92. The quantitative estimate of drug-likeness (QED) is 0.430. The molecule has 0 aliphatic rings. The average Bonchev–Trinajstić information content (AvgIpc) is 3.04. The highest BCUT2D eigenvalue weighted by Crippen LogP contribution is 2.19. The van der Waals surface area contributed by atoms with Gasteiger partial charge in [-0.15, -0.1) is 0 Å². The van der Waals surface area contributed by atoms with Crippen LogP contribution in [-0.4, -0.2) is 40.2 Å². The van der Waals surface area contributed by atoms with Crippen LogP contribution in [0.5, 0.6) is 0 Å². The number of halogens is 1. The number of amides is 1. The van der Waals surface area contributed by atoms with E-state index in [0.29, 0.717) is 5.56 Å². The van der Waals surface area contributed by atoms with Gasteiger partial charge in [-0.3, -0.25) is 4.79 Å². The monoisotopic (exact) mass is 421 g/mol. The number of aryl methyl sites for hydroxylation is 1. The third-order valence-electron chi connectivity index (χ3n) is 4.81. The van der Waals surface area contributed by atoms with E-state index in [0.717, 1.165) is 22.6 Å². The number of carbonyl (C=O) groups excluding carboxylic acids is 2. The molecule has 3 rings (SSSR count). The number of esters is 1. The predicted molar refractivity (Wildman–Crippen MR) is 116 cm³/mol. The summed E-state index contributed by atoms with van der Waals surface area (Å²) >= 11 is 0. The van der Waals surface area contributed by atoms with Gasteiger partial charge in [0.25, 0.3) is 5.91 Å². The zero-order valence-electron chi connectivity index (χ0n) is 17.7. The van der Waals surface area contributed by atoms with Gasteiger partial charge in [0, 0.05) is 30.9 Å². The van der Waals surface area contributed by atoms with E-state index < -0.39 is 12.6 Å². The zero-order chi connectivity index (χ0) is 22.4. The fourth-order valence-electron chi connectivity index (χ4n) is 3.16. The van der Waals surface area contributed by atoms with Gasteiger partial charge in [0.15, 0.2) is 6.61 Å². The Kier molecular flexibility index (Phi) is 6.97. The van der Waals surface area contributed by atoms with Crippen molar-refractivity contribution in [2.75, 3.05) is 13.7 Å². The van der Waals surface area contributed by atoms with Crippen LogP contribution in [0.1, 0.15) is 22.5 Å². The maximum Gasteiger partial charge on any atom is 0.331 e. The van der Waals surface area contributed by atoms with Crippen molar-refractivity contribution in [3.05, 3.63) is 89.0 Å². The van der Waals surface area contributed by atoms with E-state index in [-0.39, 0.29) is 18.3 Å². The van der Waals surface area contributed by atoms with Crippen LogP contribution in [0.4, 0.5) is 4.39 Å². The fraction of sp³-hybridized carbons (Fsp3) is 0.208. The summed E-state index contributed by atoms with van der Waals surface area (Å²) in [5.74, 6) is -1.37. The molecule has 0 bridgehead atoms. The number of ether oxygens (including phenoxy) is 1. The molecule has 1 amide bonds. The van der Waals surface area contributed by atoms with E-state index in [2.05, 4.69) is 5.10 Å². The second kappa shape index (κ2) is 9.84. The van der Waals surface area contributed by atoms with Crippen LogP contribution in [0.15, 0.2) is 60.7 Å². The highest BCUT2D eigenvalue weighted by Gasteiger charge is 2.13. The number of likely N-dealkylation sites (N-methyl/N-ethyl adjacent to an activating group) is 1. The Hall–Kier alpha value is -3.74. The standard InChI is InChI=1S/C24H24FN3O3/c1-17-22(18(2)28(26-17)21-10-5-4-6-11-21)12-13-24(30)31-16-23(29)27(3)15-19-8-7-9-20(25)14-19/h4-14H,15-16H2,1-3H3/b13-12+. The number of hydrogen-bond donors (Lipinski definition) is 0. The molecule has 2 aromatic carbocycles. The number of carbonyl (C=O) groups is 2. The van der Waals surface area contributed by atoms with Gasteiger partial charge in [0.1, 0.15) is 5.82 Å². The number of benzene rings is 2. The van der Waals surface area contributed by atoms with Gasteiger partial charge in [-0.05, 0) is 49.8 Å². The van der Waals surface area contributed by atoms with E-state index in [1.54, 1.807) is 25.3 Å². The summed E-state index contributed by atoms with van der Waals surface area (Å²) < 4.78 is 20.1. The number of nitrogens with zero attached hydrogens (tertiary/aromatic N) is 3. The number of aromatic nitrogens is 2. The van der Waals surface area contributed by atoms with Crippen molar-refractivity contribution in [2.45, 2.75) is 20.4 Å². The Bertz CT molecular complexity index is 1110. The Labute approximate surface area is 180 Å². The molecule has 6 nitrogen and oxygen atoms in total. The Morgan fingerprint density at radius 1 is 1.13 bits per heavy atom. The lowest BCUT2D eigenvalue weighted by Gasteiger charge is -2.17. The summed E-state index contributed by atoms with van der Waals surface area (Å²) in [5, 5.41) is 4.53. The summed E-state index contributed by atoms with van der Waals surface area (Å²) in [5.41, 5.74) is 4.06. The molecule has 0 saturated heterocycles. The molecule has 0 atom stereocenters. The topological polar surface area (TPSA) is 64.4 Å². The SMILES string of the molecule is Cc1nn(-c2ccccc2)c(C)c1/C=C/C(=O)OCC(=O)N(C)Cc1cccc(F)c1. The Morgan fingerprint density at radius 3 is 2.58 bits per heavy atom. The first kappa shape index (κ1) is 22.0. The molecule has 0 N–H and O–H groups in total. The highest BCUT2D eigenvalue weighted by molar-refractivity contribution is 5.89. The van der Waals surface area contributed by atoms with E-state index in [9.17, 15) is 14.0 Å². The highest BCUT2D eigenvalue weighted by atomic mass is 19.1. The van der Waals surface area contributed by atoms with Crippen LogP contribution in [0.25, 0.3) is 11.8 Å². The fourth-order valence-corrected chi connectivity index (χ4v) is 3.16. The summed E-state index contributed by atoms with van der Waals surface area (Å²) in [7, 11) is 1.57. The Balaban J connectivity index is 1.57. The number of para-hydroxylation sites is 1. The molecule has 0 radical (unpaired) electrons. The minimum Gasteiger partial charge on any atom is -0.452 e. The van der Waals surface area contributed by atoms with Crippen molar-refractivity contribution < 1.29 is 18.7 Å². The summed E-state index contributed by atoms with van der Waals surface area (Å²) in [6.45, 7) is 3.61. The van der Waals surface area contributed by atoms with Crippen LogP contribution >= 0.6 is 0 Å². The van der Waals surface area contributed by atoms with E-state index >= 15 is 0 Å². The van der Waals surface area contributed by atoms with Gasteiger partial charge in [-0.25, -0.2) is 13.9 Å². The van der Waals surface area contributed by atoms with Crippen LogP contribution in [0, 0.1) is 19.7 Å². The minimum atomic E-state index is -0.626. The molecular formula is C24H24FN3O3. The van der Waals surface area contributed by atoms with E-state index in [1.807, 2.05) is 48.9 Å². The van der Waals surface area contributed by atoms with Gasteiger partial charge in [-0.2, -0.15) is 5.10 Å². The van der Waals surface area contributed by atoms with Crippen molar-refractivity contribution in [3.8, 4) is 5.69 Å². The van der Waals surface area contributed by atoms with E-state index in [1.165, 1.54) is 23.1 Å². The first-order valence-electron chi connectivity index (χ1n) is 9.80. The van der Waals surface area contributed by atoms with Gasteiger partial charge in [0.05, 0.1) is 11.4 Å². The summed E-state index contributed by atoms with van der Waals surface area (Å²) in [4.78, 5) is 25.7. The molecule has 0 aliphatic heterocycles. The molecule has 0 aliphatic carbocycles.